The fraction of sp³-hybridized carbons (Fsp3) is 0.653. The molecule has 0 aliphatic rings. The Morgan fingerprint density at radius 1 is 0.383 bits per heavy atom. The summed E-state index contributed by atoms with van der Waals surface area (Å²) in [6.45, 7) is 4.58. The van der Waals surface area contributed by atoms with Crippen LogP contribution in [0.1, 0.15) is 245 Å². The first-order valence-electron chi connectivity index (χ1n) is 32.3. The van der Waals surface area contributed by atoms with Gasteiger partial charge in [0.2, 0.25) is 0 Å². The number of likely N-dealkylation sites (N-methyl/N-ethyl adjacent to an activating group) is 1. The number of allylic oxidation sites excluding steroid dienone is 22. The zero-order valence-electron chi connectivity index (χ0n) is 52.4. The second-order valence-electron chi connectivity index (χ2n) is 22.3. The Kier molecular flexibility index (Phi) is 58.0. The number of carbonyl (C=O) groups excluding carboxylic acids is 3. The number of esters is 2. The molecule has 460 valence electrons. The average Bonchev–Trinajstić information content (AvgIpc) is 3.44. The van der Waals surface area contributed by atoms with Gasteiger partial charge in [0.15, 0.2) is 12.4 Å². The van der Waals surface area contributed by atoms with Crippen LogP contribution >= 0.6 is 0 Å². The molecule has 0 aliphatic heterocycles. The van der Waals surface area contributed by atoms with Gasteiger partial charge in [-0.05, 0) is 116 Å². The first kappa shape index (κ1) is 76.4. The van der Waals surface area contributed by atoms with Crippen molar-refractivity contribution in [2.24, 2.45) is 0 Å². The Bertz CT molecular complexity index is 1790. The maximum Gasteiger partial charge on any atom is 0.306 e. The van der Waals surface area contributed by atoms with Gasteiger partial charge in [-0.2, -0.15) is 0 Å². The molecule has 0 N–H and O–H groups in total. The highest BCUT2D eigenvalue weighted by Crippen LogP contribution is 2.15. The highest BCUT2D eigenvalue weighted by Gasteiger charge is 2.22. The van der Waals surface area contributed by atoms with E-state index >= 15 is 0 Å². The van der Waals surface area contributed by atoms with E-state index in [-0.39, 0.29) is 38.6 Å². The van der Waals surface area contributed by atoms with Crippen LogP contribution in [-0.4, -0.2) is 82.3 Å². The van der Waals surface area contributed by atoms with E-state index in [2.05, 4.69) is 148 Å². The van der Waals surface area contributed by atoms with Crippen LogP contribution in [0.25, 0.3) is 0 Å². The summed E-state index contributed by atoms with van der Waals surface area (Å²) in [7, 11) is 5.91. The monoisotopic (exact) mass is 1130 g/mol. The predicted molar refractivity (Wildman–Crippen MR) is 343 cm³/mol. The number of aliphatic carboxylic acids is 1. The quantitative estimate of drug-likeness (QED) is 0.0195. The van der Waals surface area contributed by atoms with Crippen LogP contribution in [0.5, 0.6) is 0 Å². The van der Waals surface area contributed by atoms with Gasteiger partial charge in [0.25, 0.3) is 0 Å². The van der Waals surface area contributed by atoms with Crippen LogP contribution < -0.4 is 5.11 Å². The Hall–Kier alpha value is -4.57. The van der Waals surface area contributed by atoms with Crippen LogP contribution in [-0.2, 0) is 33.3 Å². The molecule has 81 heavy (non-hydrogen) atoms. The molecule has 9 heteroatoms. The summed E-state index contributed by atoms with van der Waals surface area (Å²) in [5.74, 6) is -2.31. The van der Waals surface area contributed by atoms with Crippen molar-refractivity contribution in [1.82, 2.24) is 0 Å². The van der Waals surface area contributed by atoms with E-state index in [0.29, 0.717) is 17.4 Å². The van der Waals surface area contributed by atoms with Crippen molar-refractivity contribution < 1.29 is 42.9 Å². The van der Waals surface area contributed by atoms with Gasteiger partial charge in [-0.15, -0.1) is 0 Å². The zero-order chi connectivity index (χ0) is 59.1. The van der Waals surface area contributed by atoms with Gasteiger partial charge in [0.1, 0.15) is 13.2 Å². The van der Waals surface area contributed by atoms with Crippen LogP contribution in [0.3, 0.4) is 0 Å². The van der Waals surface area contributed by atoms with Crippen molar-refractivity contribution in [2.45, 2.75) is 257 Å². The van der Waals surface area contributed by atoms with Crippen molar-refractivity contribution in [3.63, 3.8) is 0 Å². The third kappa shape index (κ3) is 62.9. The molecule has 0 aliphatic carbocycles. The largest absolute Gasteiger partial charge is 0.545 e. The third-order valence-corrected chi connectivity index (χ3v) is 13.4. The molecule has 0 amide bonds. The van der Waals surface area contributed by atoms with E-state index < -0.39 is 24.3 Å². The molecule has 2 unspecified atom stereocenters. The van der Waals surface area contributed by atoms with Crippen LogP contribution in [0.15, 0.2) is 134 Å². The molecule has 0 rings (SSSR count). The molecule has 0 aromatic carbocycles. The van der Waals surface area contributed by atoms with Gasteiger partial charge in [-0.1, -0.05) is 250 Å². The zero-order valence-corrected chi connectivity index (χ0v) is 52.4. The molecule has 0 heterocycles. The van der Waals surface area contributed by atoms with E-state index in [1.807, 2.05) is 21.1 Å². The molecule has 0 saturated heterocycles. The summed E-state index contributed by atoms with van der Waals surface area (Å²) in [6.07, 6.45) is 85.2. The van der Waals surface area contributed by atoms with E-state index in [4.69, 9.17) is 18.9 Å². The number of hydrogen-bond acceptors (Lipinski definition) is 8. The van der Waals surface area contributed by atoms with Gasteiger partial charge in [0, 0.05) is 12.8 Å². The molecule has 0 bridgehead atoms. The van der Waals surface area contributed by atoms with Crippen molar-refractivity contribution in [3.8, 4) is 0 Å². The van der Waals surface area contributed by atoms with Crippen molar-refractivity contribution >= 4 is 17.9 Å². The first-order chi connectivity index (χ1) is 39.6. The fourth-order valence-electron chi connectivity index (χ4n) is 8.44. The smallest absolute Gasteiger partial charge is 0.306 e. The highest BCUT2D eigenvalue weighted by atomic mass is 16.7. The number of quaternary nitrogens is 1. The normalized spacial score (nSPS) is 13.6. The van der Waals surface area contributed by atoms with Gasteiger partial charge in [0.05, 0.1) is 40.3 Å². The van der Waals surface area contributed by atoms with Crippen molar-refractivity contribution in [1.29, 1.82) is 0 Å². The Labute approximate surface area is 497 Å². The number of carbonyl (C=O) groups is 3. The molecule has 0 spiro atoms. The summed E-state index contributed by atoms with van der Waals surface area (Å²) in [4.78, 5) is 37.3. The maximum absolute atomic E-state index is 12.9. The minimum absolute atomic E-state index is 0.140. The summed E-state index contributed by atoms with van der Waals surface area (Å²) >= 11 is 0. The molecule has 0 aromatic rings. The lowest BCUT2D eigenvalue weighted by Crippen LogP contribution is -2.44. The number of hydrogen-bond donors (Lipinski definition) is 0. The second kappa shape index (κ2) is 61.5. The van der Waals surface area contributed by atoms with Gasteiger partial charge < -0.3 is 33.3 Å². The molecule has 0 fully saturated rings. The third-order valence-electron chi connectivity index (χ3n) is 13.4. The number of unbranched alkanes of at least 4 members (excludes halogenated alkanes) is 21. The summed E-state index contributed by atoms with van der Waals surface area (Å²) < 4.78 is 22.7. The van der Waals surface area contributed by atoms with Crippen LogP contribution in [0, 0.1) is 0 Å². The minimum atomic E-state index is -1.63. The van der Waals surface area contributed by atoms with Gasteiger partial charge in [-0.3, -0.25) is 9.59 Å². The molecular formula is C72H119NO8. The van der Waals surface area contributed by atoms with Gasteiger partial charge in [-0.25, -0.2) is 0 Å². The summed E-state index contributed by atoms with van der Waals surface area (Å²) in [6, 6.07) is 0. The van der Waals surface area contributed by atoms with Crippen LogP contribution in [0.2, 0.25) is 0 Å². The van der Waals surface area contributed by atoms with Gasteiger partial charge >= 0.3 is 11.9 Å². The Morgan fingerprint density at radius 2 is 0.704 bits per heavy atom. The molecule has 9 nitrogen and oxygen atoms in total. The lowest BCUT2D eigenvalue weighted by molar-refractivity contribution is -0.870. The Balaban J connectivity index is 4.10. The lowest BCUT2D eigenvalue weighted by atomic mass is 10.0. The van der Waals surface area contributed by atoms with Crippen molar-refractivity contribution in [2.75, 3.05) is 47.5 Å². The SMILES string of the molecule is CC/C=C\C/C=C\C/C=C\C/C=C\C/C=C\C/C=C\C/C=C\C/C=C\C/C=C\CCCCCCCCCCCCCCCC(=O)OC(COC(=O)CCCCCCC/C=C\C/C=C\CCCCC)COC(OCC[N+](C)(C)C)C(=O)[O-]. The van der Waals surface area contributed by atoms with E-state index in [1.165, 1.54) is 89.9 Å². The predicted octanol–water partition coefficient (Wildman–Crippen LogP) is 18.5. The van der Waals surface area contributed by atoms with Crippen LogP contribution in [0.4, 0.5) is 0 Å². The number of ether oxygens (including phenoxy) is 4. The number of rotatable bonds is 58. The van der Waals surface area contributed by atoms with Crippen molar-refractivity contribution in [3.05, 3.63) is 134 Å². The molecule has 2 atom stereocenters. The van der Waals surface area contributed by atoms with E-state index in [1.54, 1.807) is 0 Å². The standard InChI is InChI=1S/C72H119NO8/c1-6-8-10-12-14-16-18-20-22-23-24-25-26-27-28-29-30-31-32-33-34-35-36-37-38-39-40-41-42-43-44-45-46-47-49-51-53-55-57-59-61-63-70(75)81-68(67-80-72(71(76)77)78-65-64-73(3,4)5)66-79-69(74)62-60-58-56-54-52-50-48-21-19-17-15-13-11-9-7-2/h8,10,14-17,20-22,24-25,27-28,30-31,33-34,36-37,39-40,48,68,72H,6-7,9,11-13,18-19,23,26,29,32,35,38,41-47,49-67H2,1-5H3/b10-8-,16-14-,17-15-,22-20-,25-24-,28-27-,31-30-,34-33-,37-36-,40-39-,48-21-. The minimum Gasteiger partial charge on any atom is -0.545 e. The molecular weight excluding hydrogens is 1010 g/mol. The number of carboxylic acids is 1. The van der Waals surface area contributed by atoms with E-state index in [0.717, 1.165) is 122 Å². The first-order valence-corrected chi connectivity index (χ1v) is 32.3. The molecule has 0 aromatic heterocycles. The average molecular weight is 1130 g/mol. The van der Waals surface area contributed by atoms with E-state index in [9.17, 15) is 19.5 Å². The Morgan fingerprint density at radius 3 is 1.05 bits per heavy atom. The second-order valence-corrected chi connectivity index (χ2v) is 22.3. The topological polar surface area (TPSA) is 111 Å². The summed E-state index contributed by atoms with van der Waals surface area (Å²) in [5.41, 5.74) is 0. The maximum atomic E-state index is 12.9. The lowest BCUT2D eigenvalue weighted by Gasteiger charge is -2.26. The summed E-state index contributed by atoms with van der Waals surface area (Å²) in [5, 5.41) is 11.8. The highest BCUT2D eigenvalue weighted by molar-refractivity contribution is 5.70. The molecule has 0 radical (unpaired) electrons. The number of carboxylic acid groups (broad SMARTS) is 1. The molecule has 0 saturated carbocycles. The fourth-order valence-corrected chi connectivity index (χ4v) is 8.44. The number of nitrogens with zero attached hydrogens (tertiary/aromatic N) is 1.